The van der Waals surface area contributed by atoms with Crippen LogP contribution in [-0.4, -0.2) is 22.7 Å². The molecule has 0 aliphatic carbocycles. The Hall–Kier alpha value is -1.39. The number of aromatic nitrogens is 2. The van der Waals surface area contributed by atoms with Crippen LogP contribution in [0, 0.1) is 5.92 Å². The van der Waals surface area contributed by atoms with Crippen molar-refractivity contribution in [3.05, 3.63) is 11.7 Å². The third-order valence-corrected chi connectivity index (χ3v) is 2.53. The van der Waals surface area contributed by atoms with E-state index in [2.05, 4.69) is 24.0 Å². The van der Waals surface area contributed by atoms with Crippen LogP contribution in [0.15, 0.2) is 4.52 Å². The van der Waals surface area contributed by atoms with Crippen LogP contribution >= 0.6 is 0 Å². The van der Waals surface area contributed by atoms with Gasteiger partial charge >= 0.3 is 5.97 Å². The van der Waals surface area contributed by atoms with E-state index in [1.54, 1.807) is 6.92 Å². The summed E-state index contributed by atoms with van der Waals surface area (Å²) in [6.07, 6.45) is 2.38. The molecule has 0 radical (unpaired) electrons. The molecule has 5 heteroatoms. The van der Waals surface area contributed by atoms with Crippen molar-refractivity contribution in [1.29, 1.82) is 0 Å². The molecule has 0 amide bonds. The molecular weight excluding hydrogens is 232 g/mol. The summed E-state index contributed by atoms with van der Waals surface area (Å²) in [7, 11) is 0. The zero-order valence-electron chi connectivity index (χ0n) is 11.6. The second kappa shape index (κ2) is 7.13. The van der Waals surface area contributed by atoms with Gasteiger partial charge in [0.05, 0.1) is 6.61 Å². The minimum absolute atomic E-state index is 0.280. The first-order valence-corrected chi connectivity index (χ1v) is 6.57. The van der Waals surface area contributed by atoms with Crippen LogP contribution in [0.3, 0.4) is 0 Å². The van der Waals surface area contributed by atoms with Crippen molar-refractivity contribution in [1.82, 2.24) is 10.1 Å². The first kappa shape index (κ1) is 14.7. The van der Waals surface area contributed by atoms with E-state index >= 15 is 0 Å². The molecule has 0 spiro atoms. The smallest absolute Gasteiger partial charge is 0.318 e. The Morgan fingerprint density at radius 2 is 2.11 bits per heavy atom. The first-order chi connectivity index (χ1) is 8.58. The number of rotatable bonds is 7. The molecule has 0 aliphatic heterocycles. The minimum Gasteiger partial charge on any atom is -0.465 e. The average Bonchev–Trinajstić information content (AvgIpc) is 2.75. The number of nitrogens with zero attached hydrogens (tertiary/aromatic N) is 2. The third-order valence-electron chi connectivity index (χ3n) is 2.53. The van der Waals surface area contributed by atoms with E-state index in [1.807, 2.05) is 6.92 Å². The Bertz CT molecular complexity index is 374. The van der Waals surface area contributed by atoms with Crippen LogP contribution in [0.1, 0.15) is 58.2 Å². The summed E-state index contributed by atoms with van der Waals surface area (Å²) in [5.74, 6) is 0.679. The highest BCUT2D eigenvalue weighted by Gasteiger charge is 2.28. The molecule has 18 heavy (non-hydrogen) atoms. The molecule has 1 aromatic heterocycles. The van der Waals surface area contributed by atoms with Gasteiger partial charge < -0.3 is 9.26 Å². The summed E-state index contributed by atoms with van der Waals surface area (Å²) >= 11 is 0. The van der Waals surface area contributed by atoms with Crippen LogP contribution in [0.5, 0.6) is 0 Å². The van der Waals surface area contributed by atoms with Crippen LogP contribution in [0.2, 0.25) is 0 Å². The number of carbonyl (C=O) groups excluding carboxylic acids is 1. The van der Waals surface area contributed by atoms with Crippen molar-refractivity contribution in [3.63, 3.8) is 0 Å². The monoisotopic (exact) mass is 254 g/mol. The van der Waals surface area contributed by atoms with E-state index in [9.17, 15) is 4.79 Å². The van der Waals surface area contributed by atoms with Gasteiger partial charge in [0.25, 0.3) is 0 Å². The van der Waals surface area contributed by atoms with Crippen LogP contribution in [-0.2, 0) is 16.0 Å². The van der Waals surface area contributed by atoms with Gasteiger partial charge in [-0.2, -0.15) is 4.98 Å². The molecule has 1 unspecified atom stereocenters. The fraction of sp³-hybridized carbons (Fsp3) is 0.769. The van der Waals surface area contributed by atoms with Gasteiger partial charge in [0.1, 0.15) is 5.92 Å². The summed E-state index contributed by atoms with van der Waals surface area (Å²) in [6.45, 7) is 8.31. The lowest BCUT2D eigenvalue weighted by atomic mass is 9.97. The van der Waals surface area contributed by atoms with Crippen molar-refractivity contribution in [3.8, 4) is 0 Å². The normalized spacial score (nSPS) is 12.7. The lowest BCUT2D eigenvalue weighted by Crippen LogP contribution is -2.18. The van der Waals surface area contributed by atoms with Crippen molar-refractivity contribution in [2.45, 2.75) is 52.9 Å². The topological polar surface area (TPSA) is 65.2 Å². The average molecular weight is 254 g/mol. The maximum Gasteiger partial charge on any atom is 0.318 e. The van der Waals surface area contributed by atoms with Crippen molar-refractivity contribution in [2.24, 2.45) is 5.92 Å². The second-order valence-corrected chi connectivity index (χ2v) is 4.73. The van der Waals surface area contributed by atoms with Gasteiger partial charge in [0, 0.05) is 6.42 Å². The van der Waals surface area contributed by atoms with Crippen LogP contribution < -0.4 is 0 Å². The Balaban J connectivity index is 2.83. The molecule has 1 atom stereocenters. The van der Waals surface area contributed by atoms with Gasteiger partial charge in [0.2, 0.25) is 5.89 Å². The van der Waals surface area contributed by atoms with E-state index < -0.39 is 5.92 Å². The molecule has 5 nitrogen and oxygen atoms in total. The number of esters is 1. The molecule has 1 rings (SSSR count). The summed E-state index contributed by atoms with van der Waals surface area (Å²) < 4.78 is 10.2. The molecule has 102 valence electrons. The quantitative estimate of drug-likeness (QED) is 0.700. The fourth-order valence-electron chi connectivity index (χ4n) is 1.75. The van der Waals surface area contributed by atoms with E-state index in [4.69, 9.17) is 9.26 Å². The lowest BCUT2D eigenvalue weighted by Gasteiger charge is -2.13. The molecule has 1 heterocycles. The molecule has 0 fully saturated rings. The van der Waals surface area contributed by atoms with Gasteiger partial charge in [-0.25, -0.2) is 0 Å². The fourth-order valence-corrected chi connectivity index (χ4v) is 1.75. The number of carbonyl (C=O) groups is 1. The molecule has 0 bridgehead atoms. The van der Waals surface area contributed by atoms with Crippen molar-refractivity contribution < 1.29 is 14.1 Å². The number of hydrogen-bond acceptors (Lipinski definition) is 5. The standard InChI is InChI=1S/C13H22N2O3/c1-5-7-11-14-12(18-15-11)10(8-9(3)4)13(16)17-6-2/h9-10H,5-8H2,1-4H3. The molecule has 1 aromatic rings. The molecular formula is C13H22N2O3. The highest BCUT2D eigenvalue weighted by atomic mass is 16.5. The summed E-state index contributed by atoms with van der Waals surface area (Å²) in [5.41, 5.74) is 0. The Morgan fingerprint density at radius 3 is 2.67 bits per heavy atom. The Labute approximate surface area is 108 Å². The van der Waals surface area contributed by atoms with Crippen LogP contribution in [0.4, 0.5) is 0 Å². The largest absolute Gasteiger partial charge is 0.465 e. The van der Waals surface area contributed by atoms with Gasteiger partial charge in [-0.1, -0.05) is 25.9 Å². The van der Waals surface area contributed by atoms with Gasteiger partial charge in [-0.15, -0.1) is 0 Å². The Morgan fingerprint density at radius 1 is 1.39 bits per heavy atom. The van der Waals surface area contributed by atoms with Gasteiger partial charge in [-0.3, -0.25) is 4.79 Å². The summed E-state index contributed by atoms with van der Waals surface area (Å²) in [5, 5.41) is 3.88. The predicted octanol–water partition coefficient (Wildman–Crippen LogP) is 2.71. The zero-order chi connectivity index (χ0) is 13.5. The molecule has 0 saturated carbocycles. The van der Waals surface area contributed by atoms with Crippen molar-refractivity contribution >= 4 is 5.97 Å². The van der Waals surface area contributed by atoms with E-state index in [1.165, 1.54) is 0 Å². The highest BCUT2D eigenvalue weighted by Crippen LogP contribution is 2.24. The number of aryl methyl sites for hydroxylation is 1. The Kier molecular flexibility index (Phi) is 5.82. The molecule has 0 aliphatic rings. The van der Waals surface area contributed by atoms with E-state index in [-0.39, 0.29) is 5.97 Å². The van der Waals surface area contributed by atoms with Crippen LogP contribution in [0.25, 0.3) is 0 Å². The zero-order valence-corrected chi connectivity index (χ0v) is 11.6. The van der Waals surface area contributed by atoms with Gasteiger partial charge in [-0.05, 0) is 25.7 Å². The number of hydrogen-bond donors (Lipinski definition) is 0. The third kappa shape index (κ3) is 4.13. The number of ether oxygens (including phenoxy) is 1. The molecule has 0 saturated heterocycles. The minimum atomic E-state index is -0.442. The molecule has 0 aromatic carbocycles. The van der Waals surface area contributed by atoms with E-state index in [0.717, 1.165) is 12.8 Å². The highest BCUT2D eigenvalue weighted by molar-refractivity contribution is 5.76. The summed E-state index contributed by atoms with van der Waals surface area (Å²) in [6, 6.07) is 0. The maximum atomic E-state index is 11.9. The van der Waals surface area contributed by atoms with Crippen molar-refractivity contribution in [2.75, 3.05) is 6.61 Å². The SMILES string of the molecule is CCCc1noc(C(CC(C)C)C(=O)OCC)n1. The predicted molar refractivity (Wildman–Crippen MR) is 67.1 cm³/mol. The van der Waals surface area contributed by atoms with E-state index in [0.29, 0.717) is 30.7 Å². The van der Waals surface area contributed by atoms with Gasteiger partial charge in [0.15, 0.2) is 5.82 Å². The maximum absolute atomic E-state index is 11.9. The first-order valence-electron chi connectivity index (χ1n) is 6.57. The summed E-state index contributed by atoms with van der Waals surface area (Å²) in [4.78, 5) is 16.2. The second-order valence-electron chi connectivity index (χ2n) is 4.73. The lowest BCUT2D eigenvalue weighted by molar-refractivity contribution is -0.146. The molecule has 0 N–H and O–H groups in total.